The summed E-state index contributed by atoms with van der Waals surface area (Å²) < 4.78 is 2.27. The van der Waals surface area contributed by atoms with Crippen molar-refractivity contribution in [3.63, 3.8) is 0 Å². The predicted octanol–water partition coefficient (Wildman–Crippen LogP) is 5.05. The molecule has 2 nitrogen and oxygen atoms in total. The molecule has 0 N–H and O–H groups in total. The third-order valence-corrected chi connectivity index (χ3v) is 4.96. The maximum Gasteiger partial charge on any atom is 0.213 e. The van der Waals surface area contributed by atoms with Gasteiger partial charge in [-0.2, -0.15) is 4.57 Å². The molecule has 0 atom stereocenters. The second kappa shape index (κ2) is 6.64. The number of hydrogen-bond donors (Lipinski definition) is 0. The standard InChI is InChI=1S/C24H23N2/c1-25(2)19-15-12-18(13-16-19)14-17-20-21-8-4-6-10-23(21)26(3)24-11-7-5-9-22(20)24/h4-17H,1-3H3/q+1. The summed E-state index contributed by atoms with van der Waals surface area (Å²) in [5.74, 6) is 0. The van der Waals surface area contributed by atoms with Gasteiger partial charge < -0.3 is 4.90 Å². The second-order valence-electron chi connectivity index (χ2n) is 6.83. The van der Waals surface area contributed by atoms with Crippen LogP contribution in [0.3, 0.4) is 0 Å². The van der Waals surface area contributed by atoms with Crippen LogP contribution in [0.25, 0.3) is 34.0 Å². The molecule has 0 saturated carbocycles. The van der Waals surface area contributed by atoms with E-state index in [0.29, 0.717) is 0 Å². The SMILES string of the molecule is CN(C)c1ccc(C=Cc2c3ccccc3[n+](C)c3ccccc23)cc1. The zero-order chi connectivity index (χ0) is 18.1. The monoisotopic (exact) mass is 339 g/mol. The van der Waals surface area contributed by atoms with Crippen molar-refractivity contribution in [2.45, 2.75) is 0 Å². The molecular weight excluding hydrogens is 316 g/mol. The molecule has 0 spiro atoms. The Balaban J connectivity index is 1.88. The third-order valence-electron chi connectivity index (χ3n) is 4.96. The summed E-state index contributed by atoms with van der Waals surface area (Å²) in [7, 11) is 6.26. The van der Waals surface area contributed by atoms with Gasteiger partial charge in [-0.1, -0.05) is 48.6 Å². The number of rotatable bonds is 3. The number of benzene rings is 3. The molecule has 0 aliphatic carbocycles. The Labute approximate surface area is 154 Å². The van der Waals surface area contributed by atoms with E-state index < -0.39 is 0 Å². The molecule has 0 aliphatic rings. The number of nitrogens with zero attached hydrogens (tertiary/aromatic N) is 2. The number of anilines is 1. The Morgan fingerprint density at radius 3 is 1.77 bits per heavy atom. The van der Waals surface area contributed by atoms with Gasteiger partial charge >= 0.3 is 0 Å². The van der Waals surface area contributed by atoms with Crippen molar-refractivity contribution in [3.8, 4) is 0 Å². The number of fused-ring (bicyclic) bond motifs is 2. The molecule has 3 aromatic carbocycles. The lowest BCUT2D eigenvalue weighted by Gasteiger charge is -2.11. The molecule has 128 valence electrons. The van der Waals surface area contributed by atoms with Crippen LogP contribution in [-0.2, 0) is 7.05 Å². The van der Waals surface area contributed by atoms with Crippen LogP contribution in [0.1, 0.15) is 11.1 Å². The average Bonchev–Trinajstić information content (AvgIpc) is 2.68. The van der Waals surface area contributed by atoms with Crippen LogP contribution < -0.4 is 9.47 Å². The molecule has 4 aromatic rings. The first kappa shape index (κ1) is 16.3. The van der Waals surface area contributed by atoms with Gasteiger partial charge in [-0.3, -0.25) is 0 Å². The molecule has 0 bridgehead atoms. The van der Waals surface area contributed by atoms with Gasteiger partial charge in [-0.15, -0.1) is 0 Å². The van der Waals surface area contributed by atoms with Gasteiger partial charge in [-0.05, 0) is 29.8 Å². The highest BCUT2D eigenvalue weighted by atomic mass is 15.1. The number of aromatic nitrogens is 1. The van der Waals surface area contributed by atoms with Crippen molar-refractivity contribution >= 4 is 39.6 Å². The maximum absolute atomic E-state index is 2.27. The Morgan fingerprint density at radius 2 is 1.23 bits per heavy atom. The highest BCUT2D eigenvalue weighted by Gasteiger charge is 2.15. The van der Waals surface area contributed by atoms with Crippen molar-refractivity contribution < 1.29 is 4.57 Å². The van der Waals surface area contributed by atoms with Gasteiger partial charge in [0.25, 0.3) is 0 Å². The Morgan fingerprint density at radius 1 is 0.692 bits per heavy atom. The minimum Gasteiger partial charge on any atom is -0.378 e. The van der Waals surface area contributed by atoms with E-state index in [9.17, 15) is 0 Å². The maximum atomic E-state index is 2.27. The van der Waals surface area contributed by atoms with E-state index in [0.717, 1.165) is 0 Å². The quantitative estimate of drug-likeness (QED) is 0.374. The lowest BCUT2D eigenvalue weighted by molar-refractivity contribution is -0.617. The normalized spacial score (nSPS) is 11.5. The highest BCUT2D eigenvalue weighted by molar-refractivity contribution is 6.01. The minimum absolute atomic E-state index is 1.21. The summed E-state index contributed by atoms with van der Waals surface area (Å²) >= 11 is 0. The van der Waals surface area contributed by atoms with E-state index in [1.165, 1.54) is 38.6 Å². The largest absolute Gasteiger partial charge is 0.378 e. The highest BCUT2D eigenvalue weighted by Crippen LogP contribution is 2.26. The second-order valence-corrected chi connectivity index (χ2v) is 6.83. The minimum atomic E-state index is 1.21. The van der Waals surface area contributed by atoms with Gasteiger partial charge in [0.1, 0.15) is 7.05 Å². The number of pyridine rings is 1. The van der Waals surface area contributed by atoms with Crippen molar-refractivity contribution in [1.29, 1.82) is 0 Å². The van der Waals surface area contributed by atoms with Gasteiger partial charge in [0.15, 0.2) is 0 Å². The van der Waals surface area contributed by atoms with Crippen LogP contribution >= 0.6 is 0 Å². The zero-order valence-corrected chi connectivity index (χ0v) is 15.5. The summed E-state index contributed by atoms with van der Waals surface area (Å²) in [6, 6.07) is 25.8. The van der Waals surface area contributed by atoms with Crippen LogP contribution in [0, 0.1) is 0 Å². The molecule has 26 heavy (non-hydrogen) atoms. The van der Waals surface area contributed by atoms with Crippen LogP contribution in [0.4, 0.5) is 5.69 Å². The van der Waals surface area contributed by atoms with E-state index in [1.54, 1.807) is 0 Å². The topological polar surface area (TPSA) is 7.12 Å². The summed E-state index contributed by atoms with van der Waals surface area (Å²) in [6.45, 7) is 0. The smallest absolute Gasteiger partial charge is 0.213 e. The molecule has 2 heteroatoms. The summed E-state index contributed by atoms with van der Waals surface area (Å²) in [5.41, 5.74) is 6.18. The lowest BCUT2D eigenvalue weighted by Crippen LogP contribution is -2.30. The first-order chi connectivity index (χ1) is 12.6. The van der Waals surface area contributed by atoms with Crippen molar-refractivity contribution in [3.05, 3.63) is 83.9 Å². The summed E-state index contributed by atoms with van der Waals surface area (Å²) in [6.07, 6.45) is 4.45. The first-order valence-corrected chi connectivity index (χ1v) is 8.90. The Hall–Kier alpha value is -3.13. The Kier molecular flexibility index (Phi) is 4.18. The summed E-state index contributed by atoms with van der Waals surface area (Å²) in [4.78, 5) is 2.12. The fraction of sp³-hybridized carbons (Fsp3) is 0.125. The number of hydrogen-bond acceptors (Lipinski definition) is 1. The first-order valence-electron chi connectivity index (χ1n) is 8.90. The zero-order valence-electron chi connectivity index (χ0n) is 15.5. The van der Waals surface area contributed by atoms with Crippen LogP contribution in [0.15, 0.2) is 72.8 Å². The molecule has 0 radical (unpaired) electrons. The van der Waals surface area contributed by atoms with Gasteiger partial charge in [0.2, 0.25) is 11.0 Å². The lowest BCUT2D eigenvalue weighted by atomic mass is 10.0. The molecule has 1 aromatic heterocycles. The molecule has 0 amide bonds. The van der Waals surface area contributed by atoms with Crippen LogP contribution in [0.5, 0.6) is 0 Å². The Bertz CT molecular complexity index is 1050. The van der Waals surface area contributed by atoms with Crippen molar-refractivity contribution in [2.24, 2.45) is 7.05 Å². The van der Waals surface area contributed by atoms with E-state index in [-0.39, 0.29) is 0 Å². The van der Waals surface area contributed by atoms with Crippen LogP contribution in [0.2, 0.25) is 0 Å². The molecule has 0 aliphatic heterocycles. The molecule has 0 fully saturated rings. The molecule has 0 unspecified atom stereocenters. The number of para-hydroxylation sites is 2. The molecular formula is C24H23N2+. The molecule has 4 rings (SSSR count). The van der Waals surface area contributed by atoms with Gasteiger partial charge in [-0.25, -0.2) is 0 Å². The number of aryl methyl sites for hydroxylation is 1. The average molecular weight is 339 g/mol. The van der Waals surface area contributed by atoms with E-state index in [1.807, 2.05) is 0 Å². The van der Waals surface area contributed by atoms with Crippen molar-refractivity contribution in [2.75, 3.05) is 19.0 Å². The molecule has 1 heterocycles. The fourth-order valence-corrected chi connectivity index (χ4v) is 3.51. The van der Waals surface area contributed by atoms with Gasteiger partial charge in [0, 0.05) is 37.5 Å². The van der Waals surface area contributed by atoms with E-state index >= 15 is 0 Å². The fourth-order valence-electron chi connectivity index (χ4n) is 3.51. The van der Waals surface area contributed by atoms with Crippen LogP contribution in [-0.4, -0.2) is 14.1 Å². The van der Waals surface area contributed by atoms with E-state index in [4.69, 9.17) is 0 Å². The third kappa shape index (κ3) is 2.84. The van der Waals surface area contributed by atoms with Crippen molar-refractivity contribution in [1.82, 2.24) is 0 Å². The predicted molar refractivity (Wildman–Crippen MR) is 112 cm³/mol. The van der Waals surface area contributed by atoms with E-state index in [2.05, 4.69) is 116 Å². The molecule has 0 saturated heterocycles. The summed E-state index contributed by atoms with van der Waals surface area (Å²) in [5, 5.41) is 2.55. The van der Waals surface area contributed by atoms with Gasteiger partial charge in [0.05, 0.1) is 10.8 Å².